The minimum atomic E-state index is -3.22. The Morgan fingerprint density at radius 3 is 2.32 bits per heavy atom. The van der Waals surface area contributed by atoms with Gasteiger partial charge in [0.2, 0.25) is 0 Å². The van der Waals surface area contributed by atoms with E-state index in [1.165, 1.54) is 12.5 Å². The number of carbonyl (C=O) groups is 1. The highest BCUT2D eigenvalue weighted by Gasteiger charge is 2.27. The molecule has 1 aromatic rings. The second-order valence-electron chi connectivity index (χ2n) is 6.19. The van der Waals surface area contributed by atoms with Crippen molar-refractivity contribution in [3.63, 3.8) is 0 Å². The molecule has 1 aliphatic heterocycles. The molecule has 7 nitrogen and oxygen atoms in total. The van der Waals surface area contributed by atoms with E-state index in [1.807, 2.05) is 25.7 Å². The zero-order chi connectivity index (χ0) is 16.5. The van der Waals surface area contributed by atoms with E-state index in [1.54, 1.807) is 4.90 Å². The van der Waals surface area contributed by atoms with Gasteiger partial charge in [0.1, 0.15) is 9.81 Å². The molecular formula is C13H21N3O4S2. The molecule has 2 rings (SSSR count). The van der Waals surface area contributed by atoms with Crippen LogP contribution >= 0.6 is 11.3 Å². The summed E-state index contributed by atoms with van der Waals surface area (Å²) in [5.74, 6) is 0. The van der Waals surface area contributed by atoms with Crippen LogP contribution in [0.2, 0.25) is 0 Å². The van der Waals surface area contributed by atoms with Crippen LogP contribution < -0.4 is 4.90 Å². The lowest BCUT2D eigenvalue weighted by molar-refractivity contribution is 0.0240. The Bertz CT molecular complexity index is 640. The van der Waals surface area contributed by atoms with Crippen molar-refractivity contribution in [2.45, 2.75) is 30.6 Å². The van der Waals surface area contributed by atoms with Crippen LogP contribution in [0, 0.1) is 0 Å². The summed E-state index contributed by atoms with van der Waals surface area (Å²) in [5, 5.41) is 0.671. The number of rotatable bonds is 2. The fourth-order valence-corrected chi connectivity index (χ4v) is 3.75. The fourth-order valence-electron chi connectivity index (χ4n) is 1.98. The van der Waals surface area contributed by atoms with Crippen LogP contribution in [0.15, 0.2) is 10.4 Å². The van der Waals surface area contributed by atoms with Crippen LogP contribution in [0.1, 0.15) is 20.8 Å². The highest BCUT2D eigenvalue weighted by atomic mass is 32.2. The van der Waals surface area contributed by atoms with Crippen LogP contribution in [0.3, 0.4) is 0 Å². The van der Waals surface area contributed by atoms with Gasteiger partial charge in [0, 0.05) is 32.4 Å². The van der Waals surface area contributed by atoms with E-state index in [4.69, 9.17) is 4.74 Å². The molecule has 0 spiro atoms. The molecule has 1 saturated heterocycles. The molecule has 1 aromatic heterocycles. The first-order valence-corrected chi connectivity index (χ1v) is 9.66. The summed E-state index contributed by atoms with van der Waals surface area (Å²) in [4.78, 5) is 19.8. The van der Waals surface area contributed by atoms with E-state index in [-0.39, 0.29) is 10.3 Å². The molecule has 1 aliphatic rings. The standard InChI is InChI=1S/C13H21N3O4S2/c1-13(2,3)20-12(17)16-7-5-15(6-8-16)11-14-9-10(21-11)22(4,18)19/h9H,5-8H2,1-4H3. The SMILES string of the molecule is CC(C)(C)OC(=O)N1CCN(c2ncc(S(C)(=O)=O)s2)CC1. The van der Waals surface area contributed by atoms with Crippen molar-refractivity contribution >= 4 is 32.4 Å². The van der Waals surface area contributed by atoms with Crippen molar-refractivity contribution in [1.29, 1.82) is 0 Å². The third kappa shape index (κ3) is 4.33. The molecule has 1 fully saturated rings. The number of thiazole rings is 1. The molecule has 0 atom stereocenters. The van der Waals surface area contributed by atoms with E-state index >= 15 is 0 Å². The number of ether oxygens (including phenoxy) is 1. The molecule has 1 amide bonds. The summed E-state index contributed by atoms with van der Waals surface area (Å²) in [5.41, 5.74) is -0.506. The number of anilines is 1. The van der Waals surface area contributed by atoms with E-state index in [2.05, 4.69) is 4.98 Å². The third-order valence-corrected chi connectivity index (χ3v) is 5.89. The molecule has 0 radical (unpaired) electrons. The van der Waals surface area contributed by atoms with E-state index < -0.39 is 15.4 Å². The maximum atomic E-state index is 12.0. The molecule has 0 aliphatic carbocycles. The Labute approximate surface area is 134 Å². The first-order chi connectivity index (χ1) is 10.1. The Hall–Kier alpha value is -1.35. The lowest BCUT2D eigenvalue weighted by Gasteiger charge is -2.35. The first kappa shape index (κ1) is 17.0. The Kier molecular flexibility index (Phi) is 4.67. The highest BCUT2D eigenvalue weighted by Crippen LogP contribution is 2.27. The van der Waals surface area contributed by atoms with Gasteiger partial charge in [0.05, 0.1) is 6.20 Å². The van der Waals surface area contributed by atoms with Crippen LogP contribution in [0.4, 0.5) is 9.93 Å². The summed E-state index contributed by atoms with van der Waals surface area (Å²) in [6.45, 7) is 7.79. The van der Waals surface area contributed by atoms with Gasteiger partial charge >= 0.3 is 6.09 Å². The van der Waals surface area contributed by atoms with Crippen molar-refractivity contribution < 1.29 is 17.9 Å². The largest absolute Gasteiger partial charge is 0.444 e. The summed E-state index contributed by atoms with van der Waals surface area (Å²) in [6.07, 6.45) is 2.24. The van der Waals surface area contributed by atoms with E-state index in [0.29, 0.717) is 31.3 Å². The number of aromatic nitrogens is 1. The normalized spacial score (nSPS) is 16.7. The zero-order valence-corrected chi connectivity index (χ0v) is 14.8. The van der Waals surface area contributed by atoms with Crippen LogP contribution in [0.5, 0.6) is 0 Å². The molecule has 124 valence electrons. The molecule has 2 heterocycles. The van der Waals surface area contributed by atoms with Gasteiger partial charge < -0.3 is 14.5 Å². The van der Waals surface area contributed by atoms with Gasteiger partial charge in [0.25, 0.3) is 0 Å². The molecule has 0 aromatic carbocycles. The zero-order valence-electron chi connectivity index (χ0n) is 13.2. The van der Waals surface area contributed by atoms with Crippen LogP contribution in [0.25, 0.3) is 0 Å². The number of sulfone groups is 1. The minimum absolute atomic E-state index is 0.261. The molecular weight excluding hydrogens is 326 g/mol. The van der Waals surface area contributed by atoms with Gasteiger partial charge in [-0.2, -0.15) is 0 Å². The topological polar surface area (TPSA) is 79.8 Å². The van der Waals surface area contributed by atoms with Crippen molar-refractivity contribution in [1.82, 2.24) is 9.88 Å². The number of nitrogens with zero attached hydrogens (tertiary/aromatic N) is 3. The van der Waals surface area contributed by atoms with E-state index in [0.717, 1.165) is 11.3 Å². The van der Waals surface area contributed by atoms with Gasteiger partial charge in [-0.15, -0.1) is 0 Å². The van der Waals surface area contributed by atoms with Gasteiger partial charge in [-0.25, -0.2) is 18.2 Å². The van der Waals surface area contributed by atoms with E-state index in [9.17, 15) is 13.2 Å². The highest BCUT2D eigenvalue weighted by molar-refractivity contribution is 7.92. The number of piperazine rings is 1. The van der Waals surface area contributed by atoms with Crippen molar-refractivity contribution in [3.05, 3.63) is 6.20 Å². The molecule has 0 saturated carbocycles. The second-order valence-corrected chi connectivity index (χ2v) is 9.44. The fraction of sp³-hybridized carbons (Fsp3) is 0.692. The summed E-state index contributed by atoms with van der Waals surface area (Å²) < 4.78 is 28.6. The van der Waals surface area contributed by atoms with Gasteiger partial charge in [-0.1, -0.05) is 11.3 Å². The van der Waals surface area contributed by atoms with Crippen LogP contribution in [-0.4, -0.2) is 62.4 Å². The lowest BCUT2D eigenvalue weighted by atomic mass is 10.2. The van der Waals surface area contributed by atoms with Crippen molar-refractivity contribution in [2.75, 3.05) is 37.3 Å². The average molecular weight is 347 g/mol. The Morgan fingerprint density at radius 1 is 1.27 bits per heavy atom. The summed E-state index contributed by atoms with van der Waals surface area (Å²) in [6, 6.07) is 0. The third-order valence-electron chi connectivity index (χ3n) is 3.04. The van der Waals surface area contributed by atoms with Gasteiger partial charge in [0.15, 0.2) is 15.0 Å². The van der Waals surface area contributed by atoms with Crippen molar-refractivity contribution in [3.8, 4) is 0 Å². The first-order valence-electron chi connectivity index (χ1n) is 6.95. The number of amides is 1. The van der Waals surface area contributed by atoms with Crippen LogP contribution in [-0.2, 0) is 14.6 Å². The number of hydrogen-bond donors (Lipinski definition) is 0. The summed E-state index contributed by atoms with van der Waals surface area (Å²) in [7, 11) is -3.22. The molecule has 9 heteroatoms. The second kappa shape index (κ2) is 6.04. The van der Waals surface area contributed by atoms with Gasteiger partial charge in [-0.3, -0.25) is 0 Å². The molecule has 0 unspecified atom stereocenters. The average Bonchev–Trinajstić information content (AvgIpc) is 2.86. The maximum Gasteiger partial charge on any atom is 0.410 e. The minimum Gasteiger partial charge on any atom is -0.444 e. The smallest absolute Gasteiger partial charge is 0.410 e. The molecule has 0 N–H and O–H groups in total. The lowest BCUT2D eigenvalue weighted by Crippen LogP contribution is -2.50. The molecule has 0 bridgehead atoms. The maximum absolute atomic E-state index is 12.0. The quantitative estimate of drug-likeness (QED) is 0.808. The predicted octanol–water partition coefficient (Wildman–Crippen LogP) is 1.60. The van der Waals surface area contributed by atoms with Crippen molar-refractivity contribution in [2.24, 2.45) is 0 Å². The Balaban J connectivity index is 1.95. The predicted molar refractivity (Wildman–Crippen MR) is 85.2 cm³/mol. The summed E-state index contributed by atoms with van der Waals surface area (Å²) >= 11 is 1.16. The Morgan fingerprint density at radius 2 is 1.86 bits per heavy atom. The number of hydrogen-bond acceptors (Lipinski definition) is 7. The monoisotopic (exact) mass is 347 g/mol. The molecule has 22 heavy (non-hydrogen) atoms. The van der Waals surface area contributed by atoms with Gasteiger partial charge in [-0.05, 0) is 20.8 Å². The number of carbonyl (C=O) groups excluding carboxylic acids is 1.